The molecule has 0 aliphatic carbocycles. The average Bonchev–Trinajstić information content (AvgIpc) is 2.90. The number of rotatable bonds is 14. The van der Waals surface area contributed by atoms with Gasteiger partial charge in [-0.05, 0) is 60.7 Å². The number of carbonyl (C=O) groups excluding carboxylic acids is 1. The van der Waals surface area contributed by atoms with E-state index in [1.54, 1.807) is 37.3 Å². The average molecular weight is 507 g/mol. The molecule has 5 nitrogen and oxygen atoms in total. The van der Waals surface area contributed by atoms with E-state index in [0.717, 1.165) is 42.4 Å². The Labute approximate surface area is 218 Å². The molecule has 0 atom stereocenters. The van der Waals surface area contributed by atoms with Crippen LogP contribution in [0.5, 0.6) is 11.5 Å². The van der Waals surface area contributed by atoms with Crippen molar-refractivity contribution < 1.29 is 28.5 Å². The number of hydrogen-bond acceptors (Lipinski definition) is 5. The van der Waals surface area contributed by atoms with Gasteiger partial charge < -0.3 is 19.3 Å². The summed E-state index contributed by atoms with van der Waals surface area (Å²) in [5.74, 6) is 0.431. The summed E-state index contributed by atoms with van der Waals surface area (Å²) >= 11 is 0. The van der Waals surface area contributed by atoms with Crippen molar-refractivity contribution in [3.8, 4) is 33.8 Å². The van der Waals surface area contributed by atoms with Crippen LogP contribution in [0.4, 0.5) is 4.39 Å². The third-order valence-corrected chi connectivity index (χ3v) is 5.84. The van der Waals surface area contributed by atoms with Gasteiger partial charge >= 0.3 is 5.97 Å². The predicted octanol–water partition coefficient (Wildman–Crippen LogP) is 6.76. The van der Waals surface area contributed by atoms with Gasteiger partial charge in [0, 0.05) is 16.7 Å². The van der Waals surface area contributed by atoms with E-state index in [9.17, 15) is 4.79 Å². The van der Waals surface area contributed by atoms with Crippen LogP contribution in [-0.2, 0) is 16.0 Å². The van der Waals surface area contributed by atoms with Gasteiger partial charge in [0.05, 0.1) is 6.61 Å². The van der Waals surface area contributed by atoms with Gasteiger partial charge in [0.1, 0.15) is 37.1 Å². The second kappa shape index (κ2) is 14.2. The van der Waals surface area contributed by atoms with E-state index in [0.29, 0.717) is 28.2 Å². The number of unbranched alkanes of at least 4 members (excludes halogenated alkanes) is 2. The van der Waals surface area contributed by atoms with Crippen molar-refractivity contribution in [3.05, 3.63) is 84.2 Å². The van der Waals surface area contributed by atoms with Crippen molar-refractivity contribution >= 4 is 5.97 Å². The molecule has 0 fully saturated rings. The largest absolute Gasteiger partial charge is 0.491 e. The summed E-state index contributed by atoms with van der Waals surface area (Å²) in [6.07, 6.45) is 4.30. The van der Waals surface area contributed by atoms with Crippen LogP contribution >= 0.6 is 0 Å². The van der Waals surface area contributed by atoms with Crippen molar-refractivity contribution in [1.29, 1.82) is 0 Å². The predicted molar refractivity (Wildman–Crippen MR) is 144 cm³/mol. The van der Waals surface area contributed by atoms with E-state index in [4.69, 9.17) is 19.3 Å². The van der Waals surface area contributed by atoms with Crippen molar-refractivity contribution in [2.45, 2.75) is 39.5 Å². The first-order valence-electron chi connectivity index (χ1n) is 12.6. The molecule has 37 heavy (non-hydrogen) atoms. The molecule has 0 bridgehead atoms. The maximum absolute atomic E-state index is 15.2. The molecule has 196 valence electrons. The van der Waals surface area contributed by atoms with E-state index in [1.807, 2.05) is 18.2 Å². The number of ether oxygens (including phenoxy) is 3. The number of hydrogen-bond donors (Lipinski definition) is 1. The summed E-state index contributed by atoms with van der Waals surface area (Å²) in [5.41, 5.74) is 4.14. The second-order valence-corrected chi connectivity index (χ2v) is 8.84. The summed E-state index contributed by atoms with van der Waals surface area (Å²) in [6, 6.07) is 18.2. The van der Waals surface area contributed by atoms with Crippen LogP contribution in [-0.4, -0.2) is 37.5 Å². The third-order valence-electron chi connectivity index (χ3n) is 5.84. The van der Waals surface area contributed by atoms with Crippen LogP contribution in [0.1, 0.15) is 38.7 Å². The highest BCUT2D eigenvalue weighted by Crippen LogP contribution is 2.35. The maximum atomic E-state index is 15.2. The van der Waals surface area contributed by atoms with Crippen LogP contribution in [0.3, 0.4) is 0 Å². The second-order valence-electron chi connectivity index (χ2n) is 8.84. The van der Waals surface area contributed by atoms with E-state index in [2.05, 4.69) is 19.6 Å². The Balaban J connectivity index is 1.81. The zero-order valence-electron chi connectivity index (χ0n) is 21.6. The minimum atomic E-state index is -0.456. The molecule has 0 radical (unpaired) electrons. The van der Waals surface area contributed by atoms with Crippen LogP contribution < -0.4 is 9.47 Å². The number of benzene rings is 3. The summed E-state index contributed by atoms with van der Waals surface area (Å²) in [5, 5.41) is 8.90. The van der Waals surface area contributed by atoms with E-state index >= 15 is 4.39 Å². The number of halogens is 1. The molecule has 0 saturated heterocycles. The van der Waals surface area contributed by atoms with Crippen molar-refractivity contribution in [1.82, 2.24) is 0 Å². The summed E-state index contributed by atoms with van der Waals surface area (Å²) in [6.45, 7) is 7.76. The van der Waals surface area contributed by atoms with Gasteiger partial charge in [-0.15, -0.1) is 0 Å². The lowest BCUT2D eigenvalue weighted by Crippen LogP contribution is -2.12. The van der Waals surface area contributed by atoms with Gasteiger partial charge in [0.25, 0.3) is 0 Å². The summed E-state index contributed by atoms with van der Waals surface area (Å²) in [4.78, 5) is 11.7. The lowest BCUT2D eigenvalue weighted by Gasteiger charge is -2.15. The Morgan fingerprint density at radius 2 is 1.62 bits per heavy atom. The van der Waals surface area contributed by atoms with Gasteiger partial charge in [-0.25, -0.2) is 9.18 Å². The van der Waals surface area contributed by atoms with Crippen molar-refractivity contribution in [3.63, 3.8) is 0 Å². The van der Waals surface area contributed by atoms with Gasteiger partial charge in [-0.2, -0.15) is 0 Å². The van der Waals surface area contributed by atoms with Crippen LogP contribution in [0.15, 0.2) is 72.8 Å². The lowest BCUT2D eigenvalue weighted by atomic mass is 9.97. The molecule has 0 aliphatic rings. The highest BCUT2D eigenvalue weighted by molar-refractivity contribution is 5.86. The molecule has 0 aromatic heterocycles. The standard InChI is InChI=1S/C31H35FO5/c1-4-5-6-7-23-8-14-28(30(20-23)36-18-19-37-31(34)22(2)3)25-11-15-27(29(32)21-25)24-9-12-26(13-10-24)35-17-16-33/h8-15,20-21,33H,2,4-7,16-19H2,1,3H3. The van der Waals surface area contributed by atoms with Gasteiger partial charge in [0.2, 0.25) is 0 Å². The zero-order valence-corrected chi connectivity index (χ0v) is 21.6. The molecule has 0 aliphatic heterocycles. The molecule has 3 aromatic rings. The van der Waals surface area contributed by atoms with Gasteiger partial charge in [0.15, 0.2) is 0 Å². The van der Waals surface area contributed by atoms with Gasteiger partial charge in [-0.1, -0.05) is 62.7 Å². The molecule has 0 unspecified atom stereocenters. The molecule has 1 N–H and O–H groups in total. The van der Waals surface area contributed by atoms with Crippen molar-refractivity contribution in [2.75, 3.05) is 26.4 Å². The lowest BCUT2D eigenvalue weighted by molar-refractivity contribution is -0.139. The molecule has 6 heteroatoms. The van der Waals surface area contributed by atoms with Gasteiger partial charge in [-0.3, -0.25) is 0 Å². The number of aliphatic hydroxyl groups excluding tert-OH is 1. The third kappa shape index (κ3) is 8.19. The highest BCUT2D eigenvalue weighted by atomic mass is 19.1. The zero-order chi connectivity index (χ0) is 26.6. The molecule has 0 heterocycles. The highest BCUT2D eigenvalue weighted by Gasteiger charge is 2.13. The maximum Gasteiger partial charge on any atom is 0.333 e. The van der Waals surface area contributed by atoms with Crippen LogP contribution in [0, 0.1) is 5.82 Å². The molecule has 0 amide bonds. The molecule has 3 rings (SSSR count). The smallest absolute Gasteiger partial charge is 0.333 e. The molecule has 0 spiro atoms. The van der Waals surface area contributed by atoms with Crippen LogP contribution in [0.25, 0.3) is 22.3 Å². The van der Waals surface area contributed by atoms with Crippen molar-refractivity contribution in [2.24, 2.45) is 0 Å². The molecular weight excluding hydrogens is 471 g/mol. The normalized spacial score (nSPS) is 10.7. The number of carbonyl (C=O) groups is 1. The van der Waals surface area contributed by atoms with Crippen LogP contribution in [0.2, 0.25) is 0 Å². The summed E-state index contributed by atoms with van der Waals surface area (Å²) in [7, 11) is 0. The van der Waals surface area contributed by atoms with E-state index in [1.165, 1.54) is 6.07 Å². The quantitative estimate of drug-likeness (QED) is 0.149. The Bertz CT molecular complexity index is 1190. The minimum absolute atomic E-state index is 0.0666. The molecule has 3 aromatic carbocycles. The molecule has 0 saturated carbocycles. The SMILES string of the molecule is C=C(C)C(=O)OCCOc1cc(CCCCC)ccc1-c1ccc(-c2ccc(OCCO)cc2)c(F)c1. The molecular formula is C31H35FO5. The first-order valence-corrected chi connectivity index (χ1v) is 12.6. The Hall–Kier alpha value is -3.64. The number of aliphatic hydroxyl groups is 1. The van der Waals surface area contributed by atoms with E-state index < -0.39 is 5.97 Å². The first-order chi connectivity index (χ1) is 17.9. The first kappa shape index (κ1) is 27.9. The fraction of sp³-hybridized carbons (Fsp3) is 0.323. The fourth-order valence-corrected chi connectivity index (χ4v) is 3.88. The topological polar surface area (TPSA) is 65.0 Å². The monoisotopic (exact) mass is 506 g/mol. The Morgan fingerprint density at radius 3 is 2.30 bits per heavy atom. The number of esters is 1. The fourth-order valence-electron chi connectivity index (χ4n) is 3.88. The number of aryl methyl sites for hydroxylation is 1. The van der Waals surface area contributed by atoms with E-state index in [-0.39, 0.29) is 32.2 Å². The summed E-state index contributed by atoms with van der Waals surface area (Å²) < 4.78 is 31.8. The Morgan fingerprint density at radius 1 is 0.892 bits per heavy atom. The Kier molecular flexibility index (Phi) is 10.7. The minimum Gasteiger partial charge on any atom is -0.491 e.